The summed E-state index contributed by atoms with van der Waals surface area (Å²) < 4.78 is 34.8. The highest BCUT2D eigenvalue weighted by Gasteiger charge is 2.35. The Hall–Kier alpha value is -2.71. The van der Waals surface area contributed by atoms with Gasteiger partial charge in [0.2, 0.25) is 0 Å². The predicted octanol–water partition coefficient (Wildman–Crippen LogP) is 5.18. The smallest absolute Gasteiger partial charge is 0.285 e. The van der Waals surface area contributed by atoms with Crippen LogP contribution in [0.5, 0.6) is 0 Å². The van der Waals surface area contributed by atoms with Crippen molar-refractivity contribution in [3.05, 3.63) is 76.2 Å². The lowest BCUT2D eigenvalue weighted by Gasteiger charge is -2.20. The first kappa shape index (κ1) is 18.6. The Balaban J connectivity index is 1.65. The molecular formula is C20H14F2N2O2S2. The quantitative estimate of drug-likeness (QED) is 0.436. The van der Waals surface area contributed by atoms with Gasteiger partial charge in [0.25, 0.3) is 5.91 Å². The number of furan rings is 1. The minimum absolute atomic E-state index is 0.146. The molecule has 1 saturated heterocycles. The minimum atomic E-state index is -0.717. The van der Waals surface area contributed by atoms with Gasteiger partial charge in [-0.15, -0.1) is 0 Å². The summed E-state index contributed by atoms with van der Waals surface area (Å²) in [5.74, 6) is -1.02. The average Bonchev–Trinajstić information content (AvgIpc) is 3.29. The Labute approximate surface area is 169 Å². The number of rotatable bonds is 3. The summed E-state index contributed by atoms with van der Waals surface area (Å²) in [6, 6.07) is 10.3. The van der Waals surface area contributed by atoms with Crippen LogP contribution in [0.1, 0.15) is 17.1 Å². The van der Waals surface area contributed by atoms with Crippen LogP contribution in [0.3, 0.4) is 0 Å². The number of hydrogen-bond donors (Lipinski definition) is 0. The molecule has 0 radical (unpaired) electrons. The minimum Gasteiger partial charge on any atom is -0.457 e. The van der Waals surface area contributed by atoms with E-state index in [2.05, 4.69) is 0 Å². The maximum absolute atomic E-state index is 13.9. The molecule has 3 aromatic rings. The SMILES string of the molecule is Cc1ccc(C)n1N1C(=O)/C(=C\c2ccc(-c3ccc(F)cc3F)o2)SC1=S. The van der Waals surface area contributed by atoms with E-state index in [1.54, 1.807) is 22.9 Å². The molecule has 4 rings (SSSR count). The van der Waals surface area contributed by atoms with Crippen LogP contribution < -0.4 is 5.01 Å². The van der Waals surface area contributed by atoms with Gasteiger partial charge in [0.05, 0.1) is 10.5 Å². The number of halogens is 2. The average molecular weight is 416 g/mol. The second kappa shape index (κ2) is 7.03. The Morgan fingerprint density at radius 1 is 1.07 bits per heavy atom. The molecule has 1 amide bonds. The summed E-state index contributed by atoms with van der Waals surface area (Å²) in [7, 11) is 0. The number of carbonyl (C=O) groups is 1. The standard InChI is InChI=1S/C20H14F2N2O2S2/c1-11-3-4-12(2)23(11)24-19(25)18(28-20(24)27)10-14-6-8-17(26-14)15-7-5-13(21)9-16(15)22/h3-10H,1-2H3/b18-10+. The number of amides is 1. The third-order valence-electron chi connectivity index (χ3n) is 4.30. The van der Waals surface area contributed by atoms with Gasteiger partial charge in [0, 0.05) is 23.5 Å². The van der Waals surface area contributed by atoms with E-state index in [9.17, 15) is 13.6 Å². The van der Waals surface area contributed by atoms with Crippen LogP contribution in [0.25, 0.3) is 17.4 Å². The molecule has 1 aromatic carbocycles. The normalized spacial score (nSPS) is 15.9. The van der Waals surface area contributed by atoms with Crippen molar-refractivity contribution in [1.82, 2.24) is 4.68 Å². The molecule has 0 atom stereocenters. The molecule has 3 heterocycles. The highest BCUT2D eigenvalue weighted by Crippen LogP contribution is 2.34. The monoisotopic (exact) mass is 416 g/mol. The molecule has 142 valence electrons. The summed E-state index contributed by atoms with van der Waals surface area (Å²) in [5, 5.41) is 1.44. The molecule has 0 spiro atoms. The summed E-state index contributed by atoms with van der Waals surface area (Å²) >= 11 is 6.55. The number of nitrogens with zero attached hydrogens (tertiary/aromatic N) is 2. The van der Waals surface area contributed by atoms with Crippen molar-refractivity contribution >= 4 is 40.3 Å². The molecule has 0 bridgehead atoms. The third-order valence-corrected chi connectivity index (χ3v) is 5.59. The Morgan fingerprint density at radius 2 is 1.79 bits per heavy atom. The number of thiocarbonyl (C=S) groups is 1. The van der Waals surface area contributed by atoms with Crippen LogP contribution in [0.4, 0.5) is 8.78 Å². The van der Waals surface area contributed by atoms with Gasteiger partial charge >= 0.3 is 0 Å². The maximum Gasteiger partial charge on any atom is 0.285 e. The molecule has 1 fully saturated rings. The first-order valence-electron chi connectivity index (χ1n) is 8.33. The zero-order valence-electron chi connectivity index (χ0n) is 14.9. The largest absolute Gasteiger partial charge is 0.457 e. The van der Waals surface area contributed by atoms with Crippen LogP contribution in [0.15, 0.2) is 51.8 Å². The lowest BCUT2D eigenvalue weighted by molar-refractivity contribution is -0.114. The van der Waals surface area contributed by atoms with Crippen molar-refractivity contribution in [2.75, 3.05) is 5.01 Å². The highest BCUT2D eigenvalue weighted by molar-refractivity contribution is 8.27. The van der Waals surface area contributed by atoms with Crippen LogP contribution in [-0.4, -0.2) is 14.9 Å². The number of thioether (sulfide) groups is 1. The summed E-state index contributed by atoms with van der Waals surface area (Å²) in [4.78, 5) is 13.3. The van der Waals surface area contributed by atoms with Crippen LogP contribution >= 0.6 is 24.0 Å². The van der Waals surface area contributed by atoms with Crippen molar-refractivity contribution in [2.24, 2.45) is 0 Å². The number of aryl methyl sites for hydroxylation is 2. The summed E-state index contributed by atoms with van der Waals surface area (Å²) in [6.07, 6.45) is 1.57. The summed E-state index contributed by atoms with van der Waals surface area (Å²) in [5.41, 5.74) is 1.93. The number of hydrogen-bond acceptors (Lipinski definition) is 4. The van der Waals surface area contributed by atoms with Crippen molar-refractivity contribution in [3.8, 4) is 11.3 Å². The molecule has 1 aliphatic rings. The van der Waals surface area contributed by atoms with Crippen molar-refractivity contribution in [1.29, 1.82) is 0 Å². The van der Waals surface area contributed by atoms with Gasteiger partial charge in [-0.3, -0.25) is 9.47 Å². The summed E-state index contributed by atoms with van der Waals surface area (Å²) in [6.45, 7) is 3.79. The molecule has 0 N–H and O–H groups in total. The fourth-order valence-electron chi connectivity index (χ4n) is 3.00. The number of carbonyl (C=O) groups excluding carboxylic acids is 1. The van der Waals surface area contributed by atoms with E-state index in [1.165, 1.54) is 22.8 Å². The molecule has 0 saturated carbocycles. The molecule has 4 nitrogen and oxygen atoms in total. The number of benzene rings is 1. The molecule has 8 heteroatoms. The Morgan fingerprint density at radius 3 is 2.46 bits per heavy atom. The first-order chi connectivity index (χ1) is 13.3. The van der Waals surface area contributed by atoms with Gasteiger partial charge in [0.15, 0.2) is 4.32 Å². The Kier molecular flexibility index (Phi) is 4.68. The van der Waals surface area contributed by atoms with E-state index in [1.807, 2.05) is 26.0 Å². The number of aromatic nitrogens is 1. The van der Waals surface area contributed by atoms with Crippen molar-refractivity contribution in [2.45, 2.75) is 13.8 Å². The Bertz CT molecular complexity index is 1130. The zero-order chi connectivity index (χ0) is 20.0. The molecule has 2 aromatic heterocycles. The van der Waals surface area contributed by atoms with E-state index in [0.29, 0.717) is 15.0 Å². The van der Waals surface area contributed by atoms with Crippen LogP contribution in [0.2, 0.25) is 0 Å². The molecule has 0 aliphatic carbocycles. The van der Waals surface area contributed by atoms with Gasteiger partial charge in [-0.25, -0.2) is 8.78 Å². The van der Waals surface area contributed by atoms with Crippen LogP contribution in [0, 0.1) is 25.5 Å². The van der Waals surface area contributed by atoms with Gasteiger partial charge in [0.1, 0.15) is 23.2 Å². The fourth-order valence-corrected chi connectivity index (χ4v) is 4.22. The predicted molar refractivity (Wildman–Crippen MR) is 109 cm³/mol. The van der Waals surface area contributed by atoms with Crippen molar-refractivity contribution < 1.29 is 18.0 Å². The van der Waals surface area contributed by atoms with E-state index >= 15 is 0 Å². The third kappa shape index (κ3) is 3.18. The van der Waals surface area contributed by atoms with E-state index in [-0.39, 0.29) is 17.2 Å². The highest BCUT2D eigenvalue weighted by atomic mass is 32.2. The van der Waals surface area contributed by atoms with Crippen molar-refractivity contribution in [3.63, 3.8) is 0 Å². The van der Waals surface area contributed by atoms with Gasteiger partial charge in [-0.1, -0.05) is 11.8 Å². The molecule has 0 unspecified atom stereocenters. The topological polar surface area (TPSA) is 38.4 Å². The molecular weight excluding hydrogens is 402 g/mol. The molecule has 28 heavy (non-hydrogen) atoms. The van der Waals surface area contributed by atoms with Gasteiger partial charge in [-0.05, 0) is 62.5 Å². The first-order valence-corrected chi connectivity index (χ1v) is 9.56. The van der Waals surface area contributed by atoms with Gasteiger partial charge in [-0.2, -0.15) is 5.01 Å². The van der Waals surface area contributed by atoms with Gasteiger partial charge < -0.3 is 4.42 Å². The fraction of sp³-hybridized carbons (Fsp3) is 0.100. The second-order valence-electron chi connectivity index (χ2n) is 6.25. The van der Waals surface area contributed by atoms with E-state index in [0.717, 1.165) is 23.5 Å². The lowest BCUT2D eigenvalue weighted by Crippen LogP contribution is -2.39. The van der Waals surface area contributed by atoms with E-state index < -0.39 is 11.6 Å². The lowest BCUT2D eigenvalue weighted by atomic mass is 10.1. The van der Waals surface area contributed by atoms with Crippen LogP contribution in [-0.2, 0) is 4.79 Å². The molecule has 1 aliphatic heterocycles. The second-order valence-corrected chi connectivity index (χ2v) is 7.92. The van der Waals surface area contributed by atoms with E-state index in [4.69, 9.17) is 16.6 Å². The maximum atomic E-state index is 13.9. The zero-order valence-corrected chi connectivity index (χ0v) is 16.5.